The summed E-state index contributed by atoms with van der Waals surface area (Å²) in [4.78, 5) is 15.2. The summed E-state index contributed by atoms with van der Waals surface area (Å²) < 4.78 is 39.1. The van der Waals surface area contributed by atoms with E-state index in [1.807, 2.05) is 0 Å². The molecule has 1 saturated heterocycles. The van der Waals surface area contributed by atoms with E-state index in [0.717, 1.165) is 44.9 Å². The average Bonchev–Trinajstić information content (AvgIpc) is 2.95. The molecule has 1 amide bonds. The molecular weight excluding hydrogens is 514 g/mol. The highest BCUT2D eigenvalue weighted by Crippen LogP contribution is 2.37. The lowest BCUT2D eigenvalue weighted by molar-refractivity contribution is -0.127. The van der Waals surface area contributed by atoms with Crippen molar-refractivity contribution in [3.63, 3.8) is 0 Å². The maximum atomic E-state index is 13.3. The van der Waals surface area contributed by atoms with E-state index < -0.39 is 10.0 Å². The Morgan fingerprint density at radius 1 is 1.00 bits per heavy atom. The first kappa shape index (κ1) is 29.5. The smallest absolute Gasteiger partial charge is 0.246 e. The third-order valence-electron chi connectivity index (χ3n) is 8.06. The van der Waals surface area contributed by atoms with Gasteiger partial charge >= 0.3 is 0 Å². The van der Waals surface area contributed by atoms with Gasteiger partial charge in [0.2, 0.25) is 15.9 Å². The average molecular weight is 558 g/mol. The minimum Gasteiger partial charge on any atom is -0.497 e. The molecule has 1 aliphatic heterocycles. The number of hydrogen-bond acceptors (Lipinski definition) is 6. The second kappa shape index (κ2) is 13.7. The van der Waals surface area contributed by atoms with Gasteiger partial charge in [0, 0.05) is 24.7 Å². The van der Waals surface area contributed by atoms with E-state index in [1.165, 1.54) is 9.87 Å². The Morgan fingerprint density at radius 2 is 1.69 bits per heavy atom. The molecule has 214 valence electrons. The van der Waals surface area contributed by atoms with Gasteiger partial charge in [0.1, 0.15) is 12.4 Å². The fraction of sp³-hybridized carbons (Fsp3) is 0.567. The Morgan fingerprint density at radius 3 is 2.33 bits per heavy atom. The van der Waals surface area contributed by atoms with Crippen molar-refractivity contribution in [3.8, 4) is 5.75 Å². The van der Waals surface area contributed by atoms with Crippen LogP contribution >= 0.6 is 0 Å². The molecule has 2 aromatic carbocycles. The van der Waals surface area contributed by atoms with Gasteiger partial charge in [0.25, 0.3) is 0 Å². The molecule has 0 radical (unpaired) electrons. The molecule has 0 spiro atoms. The molecule has 9 heteroatoms. The Bertz CT molecular complexity index is 1150. The van der Waals surface area contributed by atoms with Gasteiger partial charge in [-0.15, -0.1) is 0 Å². The number of benzene rings is 2. The molecule has 2 aliphatic rings. The van der Waals surface area contributed by atoms with Gasteiger partial charge in [-0.05, 0) is 88.4 Å². The van der Waals surface area contributed by atoms with E-state index >= 15 is 0 Å². The molecule has 0 aromatic heterocycles. The van der Waals surface area contributed by atoms with Crippen LogP contribution in [-0.4, -0.2) is 76.6 Å². The molecule has 1 saturated carbocycles. The summed E-state index contributed by atoms with van der Waals surface area (Å²) in [5.74, 6) is 1.03. The van der Waals surface area contributed by atoms with Crippen molar-refractivity contribution in [2.45, 2.75) is 68.0 Å². The van der Waals surface area contributed by atoms with E-state index in [0.29, 0.717) is 24.3 Å². The highest BCUT2D eigenvalue weighted by atomic mass is 32.2. The first-order chi connectivity index (χ1) is 18.8. The zero-order valence-corrected chi connectivity index (χ0v) is 24.2. The van der Waals surface area contributed by atoms with E-state index in [-0.39, 0.29) is 36.1 Å². The Balaban J connectivity index is 1.24. The molecule has 8 nitrogen and oxygen atoms in total. The SMILES string of the molecule is COc1ccc(S(=O)(=O)N2CCCCC2COCC(=O)NC2CCC(C(c3ccccc3)N(C)C)CC2)cc1. The maximum absolute atomic E-state index is 13.3. The van der Waals surface area contributed by atoms with Crippen LogP contribution in [0.25, 0.3) is 0 Å². The Labute approximate surface area is 233 Å². The number of hydrogen-bond donors (Lipinski definition) is 1. The van der Waals surface area contributed by atoms with Crippen molar-refractivity contribution in [2.24, 2.45) is 5.92 Å². The molecule has 0 bridgehead atoms. The zero-order valence-electron chi connectivity index (χ0n) is 23.4. The van der Waals surface area contributed by atoms with E-state index in [9.17, 15) is 13.2 Å². The van der Waals surface area contributed by atoms with Crippen molar-refractivity contribution < 1.29 is 22.7 Å². The third-order valence-corrected chi connectivity index (χ3v) is 10.0. The van der Waals surface area contributed by atoms with Crippen LogP contribution in [0.15, 0.2) is 59.5 Å². The zero-order chi connectivity index (χ0) is 27.8. The molecule has 2 aromatic rings. The van der Waals surface area contributed by atoms with Crippen LogP contribution in [0.2, 0.25) is 0 Å². The maximum Gasteiger partial charge on any atom is 0.246 e. The second-order valence-corrected chi connectivity index (χ2v) is 12.8. The summed E-state index contributed by atoms with van der Waals surface area (Å²) in [6.45, 7) is 0.600. The van der Waals surface area contributed by atoms with Crippen LogP contribution in [-0.2, 0) is 19.6 Å². The normalized spacial score (nSPS) is 23.3. The monoisotopic (exact) mass is 557 g/mol. The minimum absolute atomic E-state index is 0.0583. The number of carbonyl (C=O) groups excluding carboxylic acids is 1. The predicted molar refractivity (Wildman–Crippen MR) is 152 cm³/mol. The Hall–Kier alpha value is -2.46. The number of amides is 1. The predicted octanol–water partition coefficient (Wildman–Crippen LogP) is 4.23. The van der Waals surface area contributed by atoms with Crippen molar-refractivity contribution in [2.75, 3.05) is 41.0 Å². The highest BCUT2D eigenvalue weighted by molar-refractivity contribution is 7.89. The summed E-state index contributed by atoms with van der Waals surface area (Å²) in [6.07, 6.45) is 6.49. The summed E-state index contributed by atoms with van der Waals surface area (Å²) in [5, 5.41) is 3.14. The van der Waals surface area contributed by atoms with Gasteiger partial charge < -0.3 is 19.7 Å². The van der Waals surface area contributed by atoms with E-state index in [2.05, 4.69) is 54.6 Å². The van der Waals surface area contributed by atoms with Crippen molar-refractivity contribution >= 4 is 15.9 Å². The lowest BCUT2D eigenvalue weighted by Crippen LogP contribution is -2.46. The lowest BCUT2D eigenvalue weighted by Gasteiger charge is -2.37. The third kappa shape index (κ3) is 7.60. The first-order valence-electron chi connectivity index (χ1n) is 14.0. The van der Waals surface area contributed by atoms with Gasteiger partial charge in [-0.2, -0.15) is 4.31 Å². The summed E-state index contributed by atoms with van der Waals surface area (Å²) in [7, 11) is 2.17. The molecular formula is C30H43N3O5S. The molecule has 2 unspecified atom stereocenters. The fourth-order valence-electron chi connectivity index (χ4n) is 6.12. The lowest BCUT2D eigenvalue weighted by atomic mass is 9.78. The molecule has 4 rings (SSSR count). The number of sulfonamides is 1. The Kier molecular flexibility index (Phi) is 10.4. The quantitative estimate of drug-likeness (QED) is 0.445. The molecule has 1 heterocycles. The largest absolute Gasteiger partial charge is 0.497 e. The number of nitrogens with zero attached hydrogens (tertiary/aromatic N) is 2. The van der Waals surface area contributed by atoms with Crippen LogP contribution in [0.3, 0.4) is 0 Å². The van der Waals surface area contributed by atoms with Crippen LogP contribution in [0.5, 0.6) is 5.75 Å². The van der Waals surface area contributed by atoms with Crippen LogP contribution < -0.4 is 10.1 Å². The molecule has 2 fully saturated rings. The van der Waals surface area contributed by atoms with Crippen LogP contribution in [0.1, 0.15) is 56.6 Å². The molecule has 2 atom stereocenters. The number of methoxy groups -OCH3 is 1. The second-order valence-electron chi connectivity index (χ2n) is 11.0. The summed E-state index contributed by atoms with van der Waals surface area (Å²) in [6, 6.07) is 17.3. The number of nitrogens with one attached hydrogen (secondary N) is 1. The highest BCUT2D eigenvalue weighted by Gasteiger charge is 2.34. The number of ether oxygens (including phenoxy) is 2. The standard InChI is InChI=1S/C30H43N3O5S/c1-32(2)30(23-9-5-4-6-10-23)24-12-14-25(15-13-24)31-29(34)22-38-21-26-11-7-8-20-33(26)39(35,36)28-18-16-27(37-3)17-19-28/h4-6,9-10,16-19,24-26,30H,7-8,11-15,20-22H2,1-3H3,(H,31,34). The van der Waals surface area contributed by atoms with Crippen molar-refractivity contribution in [1.82, 2.24) is 14.5 Å². The van der Waals surface area contributed by atoms with Crippen molar-refractivity contribution in [1.29, 1.82) is 0 Å². The minimum atomic E-state index is -3.65. The summed E-state index contributed by atoms with van der Waals surface area (Å²) in [5.41, 5.74) is 1.34. The first-order valence-corrected chi connectivity index (χ1v) is 15.5. The fourth-order valence-corrected chi connectivity index (χ4v) is 7.80. The number of carbonyl (C=O) groups is 1. The number of rotatable bonds is 11. The van der Waals surface area contributed by atoms with Gasteiger partial charge in [-0.3, -0.25) is 4.79 Å². The van der Waals surface area contributed by atoms with Gasteiger partial charge in [-0.1, -0.05) is 36.8 Å². The van der Waals surface area contributed by atoms with Gasteiger partial charge in [0.05, 0.1) is 18.6 Å². The van der Waals surface area contributed by atoms with Crippen LogP contribution in [0, 0.1) is 5.92 Å². The van der Waals surface area contributed by atoms with Crippen LogP contribution in [0.4, 0.5) is 0 Å². The topological polar surface area (TPSA) is 88.2 Å². The number of piperidine rings is 1. The van der Waals surface area contributed by atoms with Gasteiger partial charge in [-0.25, -0.2) is 8.42 Å². The van der Waals surface area contributed by atoms with E-state index in [1.54, 1.807) is 31.4 Å². The molecule has 1 N–H and O–H groups in total. The molecule has 1 aliphatic carbocycles. The molecule has 39 heavy (non-hydrogen) atoms. The van der Waals surface area contributed by atoms with Crippen molar-refractivity contribution in [3.05, 3.63) is 60.2 Å². The van der Waals surface area contributed by atoms with E-state index in [4.69, 9.17) is 9.47 Å². The summed E-state index contributed by atoms with van der Waals surface area (Å²) >= 11 is 0. The van der Waals surface area contributed by atoms with Gasteiger partial charge in [0.15, 0.2) is 0 Å².